The molecule has 0 bridgehead atoms. The Morgan fingerprint density at radius 3 is 2.44 bits per heavy atom. The summed E-state index contributed by atoms with van der Waals surface area (Å²) >= 11 is 0. The predicted octanol–water partition coefficient (Wildman–Crippen LogP) is 2.69. The van der Waals surface area contributed by atoms with Gasteiger partial charge in [0.25, 0.3) is 0 Å². The summed E-state index contributed by atoms with van der Waals surface area (Å²) in [5, 5.41) is 0. The minimum Gasteiger partial charge on any atom is -0.494 e. The van der Waals surface area contributed by atoms with Gasteiger partial charge in [0.15, 0.2) is 0 Å². The topological polar surface area (TPSA) is 18.5 Å². The van der Waals surface area contributed by atoms with Crippen LogP contribution in [0.25, 0.3) is 0 Å². The molecule has 18 heavy (non-hydrogen) atoms. The van der Waals surface area contributed by atoms with Gasteiger partial charge in [0.2, 0.25) is 0 Å². The molecule has 1 aromatic rings. The van der Waals surface area contributed by atoms with E-state index in [2.05, 4.69) is 0 Å². The molecule has 2 nitrogen and oxygen atoms in total. The summed E-state index contributed by atoms with van der Waals surface area (Å²) in [4.78, 5) is 0. The van der Waals surface area contributed by atoms with Gasteiger partial charge < -0.3 is 22.4 Å². The first-order valence-corrected chi connectivity index (χ1v) is 5.65. The van der Waals surface area contributed by atoms with Crippen molar-refractivity contribution in [1.29, 1.82) is 0 Å². The monoisotopic (exact) mass is 265 g/mol. The maximum Gasteiger partial charge on any atom is 0.513 e. The van der Waals surface area contributed by atoms with E-state index in [0.29, 0.717) is 12.7 Å². The lowest BCUT2D eigenvalue weighted by atomic mass is 9.79. The zero-order valence-corrected chi connectivity index (χ0v) is 9.97. The standard InChI is InChI=1S/C11H14BF4O2/c1-2-5-17-6-7-18-11-4-3-9(13)8-10(11)12(14,15)16/h3-4,8H,2,5-7H2,1H3/q-1. The van der Waals surface area contributed by atoms with Crippen LogP contribution in [0.3, 0.4) is 0 Å². The number of halogens is 4. The van der Waals surface area contributed by atoms with Crippen LogP contribution in [0.2, 0.25) is 0 Å². The first-order chi connectivity index (χ1) is 8.45. The molecule has 0 aliphatic heterocycles. The summed E-state index contributed by atoms with van der Waals surface area (Å²) in [6.07, 6.45) is 0.827. The van der Waals surface area contributed by atoms with Gasteiger partial charge in [0.05, 0.1) is 12.4 Å². The van der Waals surface area contributed by atoms with Crippen LogP contribution in [0.15, 0.2) is 18.2 Å². The first-order valence-electron chi connectivity index (χ1n) is 5.65. The molecule has 0 saturated heterocycles. The van der Waals surface area contributed by atoms with E-state index in [1.165, 1.54) is 0 Å². The van der Waals surface area contributed by atoms with Crippen molar-refractivity contribution < 1.29 is 26.8 Å². The third-order valence-corrected chi connectivity index (χ3v) is 2.16. The molecule has 0 heterocycles. The SMILES string of the molecule is CCCOCCOc1ccc(F)cc1[B-](F)(F)F. The van der Waals surface area contributed by atoms with Gasteiger partial charge in [0, 0.05) is 6.61 Å². The maximum atomic E-state index is 12.8. The van der Waals surface area contributed by atoms with Gasteiger partial charge >= 0.3 is 6.98 Å². The molecule has 0 atom stereocenters. The van der Waals surface area contributed by atoms with Crippen LogP contribution in [0.4, 0.5) is 17.3 Å². The highest BCUT2D eigenvalue weighted by Gasteiger charge is 2.29. The lowest BCUT2D eigenvalue weighted by Crippen LogP contribution is -2.36. The van der Waals surface area contributed by atoms with Gasteiger partial charge in [-0.1, -0.05) is 12.4 Å². The first kappa shape index (κ1) is 14.8. The van der Waals surface area contributed by atoms with Crippen molar-refractivity contribution in [2.24, 2.45) is 0 Å². The largest absolute Gasteiger partial charge is 0.513 e. The molecular weight excluding hydrogens is 251 g/mol. The Morgan fingerprint density at radius 1 is 1.11 bits per heavy atom. The summed E-state index contributed by atoms with van der Waals surface area (Å²) in [6, 6.07) is 2.37. The Labute approximate surface area is 103 Å². The fraction of sp³-hybridized carbons (Fsp3) is 0.455. The smallest absolute Gasteiger partial charge is 0.494 e. The van der Waals surface area contributed by atoms with Crippen LogP contribution in [0.5, 0.6) is 5.75 Å². The molecule has 7 heteroatoms. The minimum absolute atomic E-state index is 0.00475. The normalized spacial score (nSPS) is 11.6. The van der Waals surface area contributed by atoms with Crippen LogP contribution in [-0.2, 0) is 4.74 Å². The molecule has 0 aromatic heterocycles. The van der Waals surface area contributed by atoms with Crippen molar-refractivity contribution in [2.75, 3.05) is 19.8 Å². The summed E-state index contributed by atoms with van der Waals surface area (Å²) in [6.45, 7) is -2.63. The summed E-state index contributed by atoms with van der Waals surface area (Å²) in [7, 11) is 0. The van der Waals surface area contributed by atoms with E-state index in [9.17, 15) is 17.3 Å². The average molecular weight is 265 g/mol. The van der Waals surface area contributed by atoms with E-state index in [0.717, 1.165) is 18.6 Å². The molecule has 102 valence electrons. The van der Waals surface area contributed by atoms with Crippen LogP contribution in [0.1, 0.15) is 13.3 Å². The molecule has 0 aliphatic rings. The van der Waals surface area contributed by atoms with Crippen LogP contribution >= 0.6 is 0 Å². The van der Waals surface area contributed by atoms with Gasteiger partial charge in [-0.15, -0.1) is 0 Å². The van der Waals surface area contributed by atoms with Crippen molar-refractivity contribution >= 4 is 12.4 Å². The summed E-state index contributed by atoms with van der Waals surface area (Å²) in [5.41, 5.74) is -1.05. The minimum atomic E-state index is -5.29. The molecular formula is C11H14BF4O2-. The molecule has 0 radical (unpaired) electrons. The zero-order chi connectivity index (χ0) is 13.6. The van der Waals surface area contributed by atoms with E-state index in [4.69, 9.17) is 9.47 Å². The Morgan fingerprint density at radius 2 is 1.83 bits per heavy atom. The Bertz CT molecular complexity index is 382. The van der Waals surface area contributed by atoms with Gasteiger partial charge in [-0.05, 0) is 24.6 Å². The second-order valence-electron chi connectivity index (χ2n) is 3.72. The summed E-state index contributed by atoms with van der Waals surface area (Å²) in [5.74, 6) is -1.29. The Kier molecular flexibility index (Phi) is 5.46. The third-order valence-electron chi connectivity index (χ3n) is 2.16. The lowest BCUT2D eigenvalue weighted by Gasteiger charge is -2.19. The average Bonchev–Trinajstić information content (AvgIpc) is 2.29. The third kappa shape index (κ3) is 4.56. The lowest BCUT2D eigenvalue weighted by molar-refractivity contribution is 0.101. The molecule has 0 saturated carbocycles. The van der Waals surface area contributed by atoms with Crippen LogP contribution in [-0.4, -0.2) is 26.8 Å². The molecule has 1 aromatic carbocycles. The van der Waals surface area contributed by atoms with Crippen molar-refractivity contribution in [3.8, 4) is 5.75 Å². The van der Waals surface area contributed by atoms with Gasteiger partial charge in [0.1, 0.15) is 12.4 Å². The van der Waals surface area contributed by atoms with E-state index < -0.39 is 18.3 Å². The second-order valence-corrected chi connectivity index (χ2v) is 3.72. The molecule has 0 spiro atoms. The molecule has 0 N–H and O–H groups in total. The molecule has 1 rings (SSSR count). The number of benzene rings is 1. The zero-order valence-electron chi connectivity index (χ0n) is 9.97. The quantitative estimate of drug-likeness (QED) is 0.428. The fourth-order valence-electron chi connectivity index (χ4n) is 1.36. The van der Waals surface area contributed by atoms with E-state index >= 15 is 0 Å². The molecule has 0 aliphatic carbocycles. The van der Waals surface area contributed by atoms with Crippen molar-refractivity contribution in [2.45, 2.75) is 13.3 Å². The molecule has 0 fully saturated rings. The predicted molar refractivity (Wildman–Crippen MR) is 61.7 cm³/mol. The highest BCUT2D eigenvalue weighted by atomic mass is 19.4. The van der Waals surface area contributed by atoms with Crippen LogP contribution < -0.4 is 10.2 Å². The molecule has 0 amide bonds. The van der Waals surface area contributed by atoms with E-state index in [-0.39, 0.29) is 19.0 Å². The Hall–Kier alpha value is -1.24. The number of rotatable bonds is 7. The molecule has 0 unspecified atom stereocenters. The van der Waals surface area contributed by atoms with Crippen molar-refractivity contribution in [3.05, 3.63) is 24.0 Å². The Balaban J connectivity index is 2.65. The van der Waals surface area contributed by atoms with E-state index in [1.807, 2.05) is 6.92 Å². The highest BCUT2D eigenvalue weighted by Crippen LogP contribution is 2.18. The van der Waals surface area contributed by atoms with Crippen molar-refractivity contribution in [3.63, 3.8) is 0 Å². The van der Waals surface area contributed by atoms with Gasteiger partial charge in [-0.25, -0.2) is 4.39 Å². The fourth-order valence-corrected chi connectivity index (χ4v) is 1.36. The highest BCUT2D eigenvalue weighted by molar-refractivity contribution is 6.74. The number of ether oxygens (including phenoxy) is 2. The van der Waals surface area contributed by atoms with E-state index in [1.54, 1.807) is 0 Å². The van der Waals surface area contributed by atoms with Crippen LogP contribution in [0, 0.1) is 5.82 Å². The van der Waals surface area contributed by atoms with Crippen molar-refractivity contribution in [1.82, 2.24) is 0 Å². The number of hydrogen-bond donors (Lipinski definition) is 0. The second kappa shape index (κ2) is 6.63. The van der Waals surface area contributed by atoms with Gasteiger partial charge in [-0.3, -0.25) is 0 Å². The number of hydrogen-bond acceptors (Lipinski definition) is 2. The summed E-state index contributed by atoms with van der Waals surface area (Å²) < 4.78 is 60.8. The van der Waals surface area contributed by atoms with Gasteiger partial charge in [-0.2, -0.15) is 0 Å². The maximum absolute atomic E-state index is 12.8.